The largest absolute Gasteiger partial charge is 0.456 e. The van der Waals surface area contributed by atoms with E-state index in [1.165, 1.54) is 0 Å². The van der Waals surface area contributed by atoms with Crippen LogP contribution in [0.3, 0.4) is 0 Å². The van der Waals surface area contributed by atoms with Crippen LogP contribution in [0.25, 0.3) is 0 Å². The van der Waals surface area contributed by atoms with Crippen LogP contribution in [0.5, 0.6) is 0 Å². The highest BCUT2D eigenvalue weighted by Gasteiger charge is 2.17. The molecule has 0 aliphatic carbocycles. The summed E-state index contributed by atoms with van der Waals surface area (Å²) < 4.78 is 5.26. The Morgan fingerprint density at radius 3 is 2.25 bits per heavy atom. The lowest BCUT2D eigenvalue weighted by atomic mass is 10.1. The molecule has 0 aliphatic rings. The third kappa shape index (κ3) is 3.93. The van der Waals surface area contributed by atoms with Gasteiger partial charge in [-0.15, -0.1) is 0 Å². The van der Waals surface area contributed by atoms with E-state index in [4.69, 9.17) is 4.74 Å². The maximum Gasteiger partial charge on any atom is 0.338 e. The first-order valence-corrected chi connectivity index (χ1v) is 5.49. The van der Waals surface area contributed by atoms with Crippen LogP contribution < -0.4 is 5.32 Å². The number of esters is 1. The second-order valence-electron chi connectivity index (χ2n) is 4.61. The first kappa shape index (κ1) is 12.6. The van der Waals surface area contributed by atoms with Gasteiger partial charge in [0.25, 0.3) is 0 Å². The highest BCUT2D eigenvalue weighted by Crippen LogP contribution is 2.14. The summed E-state index contributed by atoms with van der Waals surface area (Å²) in [5.74, 6) is -0.282. The van der Waals surface area contributed by atoms with Gasteiger partial charge in [0.05, 0.1) is 5.56 Å². The molecule has 1 aromatic rings. The molecule has 0 heterocycles. The molecule has 88 valence electrons. The normalized spacial score (nSPS) is 11.0. The van der Waals surface area contributed by atoms with Crippen molar-refractivity contribution in [3.05, 3.63) is 29.8 Å². The Kier molecular flexibility index (Phi) is 3.93. The molecule has 1 rings (SSSR count). The number of ether oxygens (including phenoxy) is 1. The zero-order chi connectivity index (χ0) is 12.2. The van der Waals surface area contributed by atoms with Crippen LogP contribution in [-0.2, 0) is 4.74 Å². The van der Waals surface area contributed by atoms with Crippen molar-refractivity contribution in [2.45, 2.75) is 33.3 Å². The Labute approximate surface area is 96.8 Å². The summed E-state index contributed by atoms with van der Waals surface area (Å²) in [6, 6.07) is 7.30. The van der Waals surface area contributed by atoms with Crippen LogP contribution in [0, 0.1) is 0 Å². The summed E-state index contributed by atoms with van der Waals surface area (Å²) in [4.78, 5) is 11.7. The molecule has 0 saturated carbocycles. The van der Waals surface area contributed by atoms with Crippen molar-refractivity contribution >= 4 is 11.7 Å². The van der Waals surface area contributed by atoms with Crippen molar-refractivity contribution in [1.29, 1.82) is 0 Å². The number of anilines is 1. The molecular formula is C13H19NO2. The summed E-state index contributed by atoms with van der Waals surface area (Å²) in [5.41, 5.74) is 1.14. The zero-order valence-corrected chi connectivity index (χ0v) is 10.3. The minimum absolute atomic E-state index is 0.282. The lowest BCUT2D eigenvalue weighted by Gasteiger charge is -2.19. The van der Waals surface area contributed by atoms with Crippen LogP contribution in [0.2, 0.25) is 0 Å². The molecule has 3 nitrogen and oxygen atoms in total. The van der Waals surface area contributed by atoms with E-state index in [0.717, 1.165) is 12.2 Å². The molecular weight excluding hydrogens is 202 g/mol. The third-order valence-corrected chi connectivity index (χ3v) is 1.90. The van der Waals surface area contributed by atoms with Gasteiger partial charge in [-0.2, -0.15) is 0 Å². The minimum Gasteiger partial charge on any atom is -0.456 e. The Balaban J connectivity index is 2.70. The van der Waals surface area contributed by atoms with E-state index < -0.39 is 5.60 Å². The van der Waals surface area contributed by atoms with Gasteiger partial charge in [-0.3, -0.25) is 0 Å². The van der Waals surface area contributed by atoms with Gasteiger partial charge in [0.1, 0.15) is 5.60 Å². The summed E-state index contributed by atoms with van der Waals surface area (Å²) in [5, 5.41) is 3.17. The first-order valence-electron chi connectivity index (χ1n) is 5.49. The molecule has 3 heteroatoms. The number of hydrogen-bond donors (Lipinski definition) is 1. The Morgan fingerprint density at radius 2 is 1.81 bits per heavy atom. The Bertz CT molecular complexity index is 349. The van der Waals surface area contributed by atoms with E-state index in [2.05, 4.69) is 5.32 Å². The zero-order valence-electron chi connectivity index (χ0n) is 10.3. The van der Waals surface area contributed by atoms with Gasteiger partial charge >= 0.3 is 5.97 Å². The number of carbonyl (C=O) groups excluding carboxylic acids is 1. The number of hydrogen-bond acceptors (Lipinski definition) is 3. The molecule has 0 unspecified atom stereocenters. The summed E-state index contributed by atoms with van der Waals surface area (Å²) >= 11 is 0. The number of nitrogens with one attached hydrogen (secondary N) is 1. The molecule has 0 aromatic heterocycles. The summed E-state index contributed by atoms with van der Waals surface area (Å²) in [6.07, 6.45) is 0. The van der Waals surface area contributed by atoms with Crippen molar-refractivity contribution in [2.75, 3.05) is 11.9 Å². The van der Waals surface area contributed by atoms with Gasteiger partial charge in [-0.1, -0.05) is 0 Å². The Morgan fingerprint density at radius 1 is 1.25 bits per heavy atom. The average molecular weight is 221 g/mol. The lowest BCUT2D eigenvalue weighted by molar-refractivity contribution is 0.00696. The second-order valence-corrected chi connectivity index (χ2v) is 4.61. The number of benzene rings is 1. The van der Waals surface area contributed by atoms with Crippen LogP contribution >= 0.6 is 0 Å². The van der Waals surface area contributed by atoms with Crippen molar-refractivity contribution in [2.24, 2.45) is 0 Å². The van der Waals surface area contributed by atoms with E-state index in [0.29, 0.717) is 5.56 Å². The van der Waals surface area contributed by atoms with Gasteiger partial charge in [-0.05, 0) is 52.0 Å². The van der Waals surface area contributed by atoms with Gasteiger partial charge in [-0.25, -0.2) is 4.79 Å². The average Bonchev–Trinajstić information content (AvgIpc) is 2.16. The Hall–Kier alpha value is -1.51. The third-order valence-electron chi connectivity index (χ3n) is 1.90. The van der Waals surface area contributed by atoms with Crippen LogP contribution in [-0.4, -0.2) is 18.1 Å². The van der Waals surface area contributed by atoms with Crippen molar-refractivity contribution in [1.82, 2.24) is 0 Å². The summed E-state index contributed by atoms with van der Waals surface area (Å²) in [7, 11) is 0. The van der Waals surface area contributed by atoms with E-state index in [1.807, 2.05) is 39.8 Å². The molecule has 0 aliphatic heterocycles. The predicted molar refractivity (Wildman–Crippen MR) is 65.8 cm³/mol. The molecule has 16 heavy (non-hydrogen) atoms. The van der Waals surface area contributed by atoms with Gasteiger partial charge in [0.15, 0.2) is 0 Å². The minimum atomic E-state index is -0.447. The fraction of sp³-hybridized carbons (Fsp3) is 0.462. The van der Waals surface area contributed by atoms with Crippen LogP contribution in [0.15, 0.2) is 24.3 Å². The monoisotopic (exact) mass is 221 g/mol. The molecule has 0 amide bonds. The van der Waals surface area contributed by atoms with Crippen LogP contribution in [0.4, 0.5) is 5.69 Å². The lowest BCUT2D eigenvalue weighted by Crippen LogP contribution is -2.23. The molecule has 0 radical (unpaired) electrons. The maximum atomic E-state index is 11.7. The number of carbonyl (C=O) groups is 1. The second kappa shape index (κ2) is 5.01. The molecule has 0 fully saturated rings. The van der Waals surface area contributed by atoms with Crippen molar-refractivity contribution in [3.63, 3.8) is 0 Å². The fourth-order valence-electron chi connectivity index (χ4n) is 1.27. The fourth-order valence-corrected chi connectivity index (χ4v) is 1.27. The van der Waals surface area contributed by atoms with E-state index in [9.17, 15) is 4.79 Å². The van der Waals surface area contributed by atoms with Crippen LogP contribution in [0.1, 0.15) is 38.1 Å². The molecule has 0 saturated heterocycles. The van der Waals surface area contributed by atoms with Gasteiger partial charge < -0.3 is 10.1 Å². The maximum absolute atomic E-state index is 11.7. The molecule has 0 spiro atoms. The predicted octanol–water partition coefficient (Wildman–Crippen LogP) is 3.07. The SMILES string of the molecule is CCNc1ccc(C(=O)OC(C)(C)C)cc1. The number of rotatable bonds is 3. The molecule has 0 bridgehead atoms. The topological polar surface area (TPSA) is 38.3 Å². The molecule has 1 aromatic carbocycles. The quantitative estimate of drug-likeness (QED) is 0.797. The smallest absolute Gasteiger partial charge is 0.338 e. The standard InChI is InChI=1S/C13H19NO2/c1-5-14-11-8-6-10(7-9-11)12(15)16-13(2,3)4/h6-9,14H,5H2,1-4H3. The van der Waals surface area contributed by atoms with Crippen molar-refractivity contribution < 1.29 is 9.53 Å². The van der Waals surface area contributed by atoms with Gasteiger partial charge in [0.2, 0.25) is 0 Å². The highest BCUT2D eigenvalue weighted by atomic mass is 16.6. The van der Waals surface area contributed by atoms with Crippen molar-refractivity contribution in [3.8, 4) is 0 Å². The molecule has 0 atom stereocenters. The van der Waals surface area contributed by atoms with Gasteiger partial charge in [0, 0.05) is 12.2 Å². The highest BCUT2D eigenvalue weighted by molar-refractivity contribution is 5.90. The van der Waals surface area contributed by atoms with E-state index in [-0.39, 0.29) is 5.97 Å². The summed E-state index contributed by atoms with van der Waals surface area (Å²) in [6.45, 7) is 8.47. The van der Waals surface area contributed by atoms with E-state index in [1.54, 1.807) is 12.1 Å². The molecule has 1 N–H and O–H groups in total. The van der Waals surface area contributed by atoms with E-state index >= 15 is 0 Å². The first-order chi connectivity index (χ1) is 7.42.